The molecule has 1 aromatic heterocycles. The highest BCUT2D eigenvalue weighted by Crippen LogP contribution is 2.15. The molecule has 1 atom stereocenters. The van der Waals surface area contributed by atoms with E-state index in [0.29, 0.717) is 10.7 Å². The summed E-state index contributed by atoms with van der Waals surface area (Å²) in [5.74, 6) is -0.388. The van der Waals surface area contributed by atoms with Crippen LogP contribution >= 0.6 is 11.6 Å². The molecule has 0 fully saturated rings. The summed E-state index contributed by atoms with van der Waals surface area (Å²) in [7, 11) is 0. The molecule has 0 aliphatic rings. The highest BCUT2D eigenvalue weighted by atomic mass is 35.5. The van der Waals surface area contributed by atoms with E-state index in [4.69, 9.17) is 11.6 Å². The molecule has 0 saturated heterocycles. The van der Waals surface area contributed by atoms with Crippen molar-refractivity contribution in [2.24, 2.45) is 0 Å². The van der Waals surface area contributed by atoms with E-state index >= 15 is 0 Å². The Labute approximate surface area is 150 Å². The number of hydrogen-bond donors (Lipinski definition) is 2. The number of aromatic nitrogens is 3. The zero-order valence-electron chi connectivity index (χ0n) is 13.6. The van der Waals surface area contributed by atoms with Gasteiger partial charge in [0.05, 0.1) is 18.3 Å². The van der Waals surface area contributed by atoms with Gasteiger partial charge in [-0.05, 0) is 36.8 Å². The van der Waals surface area contributed by atoms with Gasteiger partial charge in [-0.3, -0.25) is 4.79 Å². The SMILES string of the molecule is CC(NC(=O)c1nn(-c2ccc(Cl)cc2)nc1CO)c1ccccc1. The van der Waals surface area contributed by atoms with E-state index in [9.17, 15) is 9.90 Å². The Kier molecular flexibility index (Phi) is 5.11. The van der Waals surface area contributed by atoms with Crippen LogP contribution in [0.15, 0.2) is 54.6 Å². The monoisotopic (exact) mass is 356 g/mol. The van der Waals surface area contributed by atoms with E-state index in [-0.39, 0.29) is 29.9 Å². The van der Waals surface area contributed by atoms with Crippen molar-refractivity contribution < 1.29 is 9.90 Å². The van der Waals surface area contributed by atoms with Crippen LogP contribution in [0, 0.1) is 0 Å². The van der Waals surface area contributed by atoms with Crippen molar-refractivity contribution in [2.45, 2.75) is 19.6 Å². The fourth-order valence-corrected chi connectivity index (χ4v) is 2.53. The van der Waals surface area contributed by atoms with Crippen LogP contribution in [0.1, 0.15) is 34.7 Å². The topological polar surface area (TPSA) is 80.0 Å². The van der Waals surface area contributed by atoms with Crippen LogP contribution in [-0.2, 0) is 6.61 Å². The van der Waals surface area contributed by atoms with Crippen molar-refractivity contribution in [2.75, 3.05) is 0 Å². The van der Waals surface area contributed by atoms with Gasteiger partial charge in [-0.15, -0.1) is 10.2 Å². The fourth-order valence-electron chi connectivity index (χ4n) is 2.40. The molecule has 6 nitrogen and oxygen atoms in total. The van der Waals surface area contributed by atoms with Crippen molar-refractivity contribution in [1.82, 2.24) is 20.3 Å². The van der Waals surface area contributed by atoms with Gasteiger partial charge in [-0.25, -0.2) is 0 Å². The zero-order chi connectivity index (χ0) is 17.8. The van der Waals surface area contributed by atoms with Crippen LogP contribution in [0.4, 0.5) is 0 Å². The molecule has 0 aliphatic carbocycles. The molecule has 0 saturated carbocycles. The number of halogens is 1. The Morgan fingerprint density at radius 2 is 1.84 bits per heavy atom. The molecule has 1 heterocycles. The van der Waals surface area contributed by atoms with Crippen LogP contribution < -0.4 is 5.32 Å². The Hall–Kier alpha value is -2.70. The second-order valence-electron chi connectivity index (χ2n) is 5.53. The van der Waals surface area contributed by atoms with Crippen LogP contribution in [0.2, 0.25) is 5.02 Å². The minimum absolute atomic E-state index is 0.0974. The summed E-state index contributed by atoms with van der Waals surface area (Å²) in [6.45, 7) is 1.51. The lowest BCUT2D eigenvalue weighted by Gasteiger charge is -2.13. The second kappa shape index (κ2) is 7.46. The molecule has 3 rings (SSSR count). The summed E-state index contributed by atoms with van der Waals surface area (Å²) in [6.07, 6.45) is 0. The lowest BCUT2D eigenvalue weighted by Crippen LogP contribution is -2.28. The van der Waals surface area contributed by atoms with Crippen molar-refractivity contribution >= 4 is 17.5 Å². The number of hydrogen-bond acceptors (Lipinski definition) is 4. The number of nitrogens with zero attached hydrogens (tertiary/aromatic N) is 3. The average Bonchev–Trinajstić information content (AvgIpc) is 3.07. The van der Waals surface area contributed by atoms with Gasteiger partial charge < -0.3 is 10.4 Å². The molecular formula is C18H17ClN4O2. The Bertz CT molecular complexity index is 863. The highest BCUT2D eigenvalue weighted by Gasteiger charge is 2.20. The Balaban J connectivity index is 1.83. The smallest absolute Gasteiger partial charge is 0.274 e. The van der Waals surface area contributed by atoms with E-state index in [1.165, 1.54) is 4.80 Å². The van der Waals surface area contributed by atoms with E-state index in [0.717, 1.165) is 5.56 Å². The summed E-state index contributed by atoms with van der Waals surface area (Å²) in [5.41, 5.74) is 1.94. The molecule has 128 valence electrons. The first-order valence-electron chi connectivity index (χ1n) is 7.77. The van der Waals surface area contributed by atoms with Crippen LogP contribution in [0.5, 0.6) is 0 Å². The number of benzene rings is 2. The van der Waals surface area contributed by atoms with Crippen LogP contribution in [-0.4, -0.2) is 26.0 Å². The molecule has 1 unspecified atom stereocenters. The van der Waals surface area contributed by atoms with Gasteiger partial charge >= 0.3 is 0 Å². The Morgan fingerprint density at radius 1 is 1.16 bits per heavy atom. The van der Waals surface area contributed by atoms with Crippen molar-refractivity contribution in [1.29, 1.82) is 0 Å². The third-order valence-corrected chi connectivity index (χ3v) is 4.01. The number of aliphatic hydroxyl groups excluding tert-OH is 1. The first-order chi connectivity index (χ1) is 12.1. The van der Waals surface area contributed by atoms with Crippen molar-refractivity contribution in [3.63, 3.8) is 0 Å². The van der Waals surface area contributed by atoms with Gasteiger partial charge in [-0.2, -0.15) is 4.80 Å². The quantitative estimate of drug-likeness (QED) is 0.736. The van der Waals surface area contributed by atoms with Gasteiger partial charge in [-0.1, -0.05) is 41.9 Å². The zero-order valence-corrected chi connectivity index (χ0v) is 14.3. The third-order valence-electron chi connectivity index (χ3n) is 3.75. The molecule has 2 aromatic carbocycles. The van der Waals surface area contributed by atoms with Crippen LogP contribution in [0.25, 0.3) is 5.69 Å². The number of carbonyl (C=O) groups is 1. The molecule has 2 N–H and O–H groups in total. The number of amides is 1. The van der Waals surface area contributed by atoms with E-state index in [2.05, 4.69) is 15.5 Å². The van der Waals surface area contributed by atoms with Crippen molar-refractivity contribution in [3.8, 4) is 5.69 Å². The predicted octanol–water partition coefficient (Wildman–Crippen LogP) is 2.90. The molecule has 25 heavy (non-hydrogen) atoms. The van der Waals surface area contributed by atoms with E-state index < -0.39 is 0 Å². The molecular weight excluding hydrogens is 340 g/mol. The molecule has 1 amide bonds. The third kappa shape index (κ3) is 3.87. The summed E-state index contributed by atoms with van der Waals surface area (Å²) in [6, 6.07) is 16.3. The summed E-state index contributed by atoms with van der Waals surface area (Å²) in [5, 5.41) is 21.4. The molecule has 0 bridgehead atoms. The van der Waals surface area contributed by atoms with Gasteiger partial charge in [0.15, 0.2) is 5.69 Å². The van der Waals surface area contributed by atoms with Gasteiger partial charge in [0.2, 0.25) is 0 Å². The molecule has 3 aromatic rings. The highest BCUT2D eigenvalue weighted by molar-refractivity contribution is 6.30. The van der Waals surface area contributed by atoms with Gasteiger partial charge in [0, 0.05) is 5.02 Å². The van der Waals surface area contributed by atoms with Crippen molar-refractivity contribution in [3.05, 3.63) is 76.6 Å². The summed E-state index contributed by atoms with van der Waals surface area (Å²) >= 11 is 5.87. The number of nitrogens with one attached hydrogen (secondary N) is 1. The minimum atomic E-state index is -0.388. The number of carbonyl (C=O) groups excluding carboxylic acids is 1. The predicted molar refractivity (Wildman–Crippen MR) is 94.6 cm³/mol. The largest absolute Gasteiger partial charge is 0.390 e. The minimum Gasteiger partial charge on any atom is -0.390 e. The maximum absolute atomic E-state index is 12.5. The normalized spacial score (nSPS) is 12.0. The maximum atomic E-state index is 12.5. The van der Waals surface area contributed by atoms with E-state index in [1.807, 2.05) is 37.3 Å². The lowest BCUT2D eigenvalue weighted by atomic mass is 10.1. The first-order valence-corrected chi connectivity index (χ1v) is 8.15. The van der Waals surface area contributed by atoms with E-state index in [1.54, 1.807) is 24.3 Å². The second-order valence-corrected chi connectivity index (χ2v) is 5.96. The summed E-state index contributed by atoms with van der Waals surface area (Å²) in [4.78, 5) is 13.9. The summed E-state index contributed by atoms with van der Waals surface area (Å²) < 4.78 is 0. The Morgan fingerprint density at radius 3 is 2.48 bits per heavy atom. The van der Waals surface area contributed by atoms with Crippen LogP contribution in [0.3, 0.4) is 0 Å². The molecule has 0 radical (unpaired) electrons. The fraction of sp³-hybridized carbons (Fsp3) is 0.167. The average molecular weight is 357 g/mol. The lowest BCUT2D eigenvalue weighted by molar-refractivity contribution is 0.0931. The standard InChI is InChI=1S/C18H17ClN4O2/c1-12(13-5-3-2-4-6-13)20-18(25)17-16(11-24)21-23(22-17)15-9-7-14(19)8-10-15/h2-10,12,24H,11H2,1H3,(H,20,25). The molecule has 0 spiro atoms. The molecule has 7 heteroatoms. The van der Waals surface area contributed by atoms with Gasteiger partial charge in [0.1, 0.15) is 5.69 Å². The number of aliphatic hydroxyl groups is 1. The number of rotatable bonds is 5. The first kappa shape index (κ1) is 17.1. The molecule has 0 aliphatic heterocycles. The maximum Gasteiger partial charge on any atom is 0.274 e. The van der Waals surface area contributed by atoms with Gasteiger partial charge in [0.25, 0.3) is 5.91 Å².